The van der Waals surface area contributed by atoms with Crippen molar-refractivity contribution in [2.24, 2.45) is 0 Å². The number of aromatic hydroxyl groups is 1. The molecule has 0 aromatic heterocycles. The minimum Gasteiger partial charge on any atom is -0.503 e. The number of hydrogen-bond donors (Lipinski definition) is 2. The molecule has 0 atom stereocenters. The van der Waals surface area contributed by atoms with E-state index < -0.39 is 11.8 Å². The number of anilines is 1. The number of carbonyl (C=O) groups is 2. The lowest BCUT2D eigenvalue weighted by molar-refractivity contribution is -0.122. The van der Waals surface area contributed by atoms with Gasteiger partial charge in [-0.1, -0.05) is 19.1 Å². The molecule has 0 saturated carbocycles. The van der Waals surface area contributed by atoms with Gasteiger partial charge in [-0.3, -0.25) is 19.8 Å². The first-order valence-corrected chi connectivity index (χ1v) is 9.62. The van der Waals surface area contributed by atoms with Crippen LogP contribution in [0.5, 0.6) is 11.5 Å². The maximum Gasteiger partial charge on any atom is 0.270 e. The summed E-state index contributed by atoms with van der Waals surface area (Å²) in [6.07, 6.45) is 2.30. The summed E-state index contributed by atoms with van der Waals surface area (Å²) in [5.74, 6) is -0.962. The summed E-state index contributed by atoms with van der Waals surface area (Å²) in [6.45, 7) is 2.04. The first kappa shape index (κ1) is 20.0. The largest absolute Gasteiger partial charge is 0.503 e. The predicted molar refractivity (Wildman–Crippen MR) is 114 cm³/mol. The molecule has 1 heterocycles. The van der Waals surface area contributed by atoms with Crippen LogP contribution in [0.2, 0.25) is 0 Å². The lowest BCUT2D eigenvalue weighted by Gasteiger charge is -2.29. The number of carbonyl (C=O) groups excluding carboxylic acids is 2. The normalized spacial score (nSPS) is 15.8. The molecule has 3 rings (SSSR count). The number of aryl methyl sites for hydroxylation is 1. The SMILES string of the molecule is CCc1ccc(N2C(=O)/C(=C/c3cc(Br)c(O)c(OC)c3)C(=O)NC2=S)cc1. The van der Waals surface area contributed by atoms with Crippen molar-refractivity contribution in [3.05, 3.63) is 57.6 Å². The van der Waals surface area contributed by atoms with Gasteiger partial charge in [0.2, 0.25) is 0 Å². The number of amides is 2. The number of phenolic OH excluding ortho intramolecular Hbond substituents is 1. The molecule has 0 bridgehead atoms. The van der Waals surface area contributed by atoms with E-state index in [1.807, 2.05) is 19.1 Å². The fraction of sp³-hybridized carbons (Fsp3) is 0.150. The molecule has 144 valence electrons. The molecule has 1 aliphatic rings. The maximum atomic E-state index is 13.0. The van der Waals surface area contributed by atoms with Crippen LogP contribution in [0.4, 0.5) is 5.69 Å². The van der Waals surface area contributed by atoms with Crippen molar-refractivity contribution >= 4 is 56.8 Å². The summed E-state index contributed by atoms with van der Waals surface area (Å²) in [6, 6.07) is 10.5. The molecule has 1 aliphatic heterocycles. The Morgan fingerprint density at radius 3 is 2.54 bits per heavy atom. The van der Waals surface area contributed by atoms with Crippen molar-refractivity contribution in [2.45, 2.75) is 13.3 Å². The zero-order valence-corrected chi connectivity index (χ0v) is 17.6. The quantitative estimate of drug-likeness (QED) is 0.414. The average molecular weight is 461 g/mol. The van der Waals surface area contributed by atoms with Crippen LogP contribution in [-0.4, -0.2) is 29.1 Å². The minimum atomic E-state index is -0.584. The van der Waals surface area contributed by atoms with Crippen LogP contribution in [0, 0.1) is 0 Å². The van der Waals surface area contributed by atoms with E-state index in [1.165, 1.54) is 24.2 Å². The molecule has 0 aliphatic carbocycles. The molecule has 2 aromatic rings. The van der Waals surface area contributed by atoms with Crippen LogP contribution in [0.25, 0.3) is 6.08 Å². The predicted octanol–water partition coefficient (Wildman–Crippen LogP) is 3.56. The molecule has 0 unspecified atom stereocenters. The van der Waals surface area contributed by atoms with Crippen molar-refractivity contribution in [1.29, 1.82) is 0 Å². The number of phenols is 1. The Balaban J connectivity index is 2.02. The zero-order valence-electron chi connectivity index (χ0n) is 15.2. The minimum absolute atomic E-state index is 0.0286. The van der Waals surface area contributed by atoms with Crippen molar-refractivity contribution in [1.82, 2.24) is 5.32 Å². The van der Waals surface area contributed by atoms with Gasteiger partial charge in [-0.15, -0.1) is 0 Å². The highest BCUT2D eigenvalue weighted by molar-refractivity contribution is 9.10. The highest BCUT2D eigenvalue weighted by Gasteiger charge is 2.34. The number of hydrogen-bond acceptors (Lipinski definition) is 5. The summed E-state index contributed by atoms with van der Waals surface area (Å²) < 4.78 is 5.49. The number of nitrogens with one attached hydrogen (secondary N) is 1. The fourth-order valence-corrected chi connectivity index (χ4v) is 3.51. The maximum absolute atomic E-state index is 13.0. The Bertz CT molecular complexity index is 1000. The topological polar surface area (TPSA) is 78.9 Å². The second-order valence-corrected chi connectivity index (χ2v) is 7.27. The van der Waals surface area contributed by atoms with Crippen molar-refractivity contribution in [3.8, 4) is 11.5 Å². The molecular formula is C20H17BrN2O4S. The summed E-state index contributed by atoms with van der Waals surface area (Å²) in [4.78, 5) is 26.7. The molecule has 0 radical (unpaired) electrons. The number of nitrogens with zero attached hydrogens (tertiary/aromatic N) is 1. The molecule has 2 amide bonds. The third-order valence-electron chi connectivity index (χ3n) is 4.29. The summed E-state index contributed by atoms with van der Waals surface area (Å²) in [5, 5.41) is 12.5. The van der Waals surface area contributed by atoms with E-state index >= 15 is 0 Å². The lowest BCUT2D eigenvalue weighted by atomic mass is 10.1. The van der Waals surface area contributed by atoms with Gasteiger partial charge in [-0.2, -0.15) is 0 Å². The molecule has 1 fully saturated rings. The van der Waals surface area contributed by atoms with Gasteiger partial charge in [-0.25, -0.2) is 0 Å². The van der Waals surface area contributed by atoms with Gasteiger partial charge >= 0.3 is 0 Å². The van der Waals surface area contributed by atoms with Crippen molar-refractivity contribution < 1.29 is 19.4 Å². The van der Waals surface area contributed by atoms with Crippen molar-refractivity contribution in [2.75, 3.05) is 12.0 Å². The third kappa shape index (κ3) is 3.79. The lowest BCUT2D eigenvalue weighted by Crippen LogP contribution is -2.54. The van der Waals surface area contributed by atoms with Gasteiger partial charge in [0.15, 0.2) is 16.6 Å². The van der Waals surface area contributed by atoms with Gasteiger partial charge in [0.05, 0.1) is 17.3 Å². The van der Waals surface area contributed by atoms with Gasteiger partial charge in [0.25, 0.3) is 11.8 Å². The number of rotatable bonds is 4. The first-order valence-electron chi connectivity index (χ1n) is 8.42. The van der Waals surface area contributed by atoms with E-state index in [0.717, 1.165) is 12.0 Å². The van der Waals surface area contributed by atoms with Crippen LogP contribution in [0.1, 0.15) is 18.1 Å². The number of ether oxygens (including phenoxy) is 1. The first-order chi connectivity index (χ1) is 13.3. The van der Waals surface area contributed by atoms with Gasteiger partial charge in [0, 0.05) is 0 Å². The Kier molecular flexibility index (Phi) is 5.81. The zero-order chi connectivity index (χ0) is 20.4. The molecule has 0 spiro atoms. The van der Waals surface area contributed by atoms with E-state index in [4.69, 9.17) is 17.0 Å². The number of thiocarbonyl (C=S) groups is 1. The van der Waals surface area contributed by atoms with Crippen LogP contribution < -0.4 is 15.0 Å². The van der Waals surface area contributed by atoms with E-state index in [1.54, 1.807) is 18.2 Å². The second-order valence-electron chi connectivity index (χ2n) is 6.03. The number of benzene rings is 2. The Labute approximate surface area is 175 Å². The molecular weight excluding hydrogens is 444 g/mol. The van der Waals surface area contributed by atoms with E-state index in [-0.39, 0.29) is 22.2 Å². The molecule has 1 saturated heterocycles. The highest BCUT2D eigenvalue weighted by atomic mass is 79.9. The summed E-state index contributed by atoms with van der Waals surface area (Å²) in [5.41, 5.74) is 2.13. The van der Waals surface area contributed by atoms with E-state index in [2.05, 4.69) is 21.2 Å². The molecule has 6 nitrogen and oxygen atoms in total. The third-order valence-corrected chi connectivity index (χ3v) is 5.18. The standard InChI is InChI=1S/C20H17BrN2O4S/c1-3-11-4-6-13(7-5-11)23-19(26)14(18(25)22-20(23)28)8-12-9-15(21)17(24)16(10-12)27-2/h4-10,24H,3H2,1-2H3,(H,22,25,28)/b14-8+. The monoisotopic (exact) mass is 460 g/mol. The highest BCUT2D eigenvalue weighted by Crippen LogP contribution is 2.36. The van der Waals surface area contributed by atoms with Crippen molar-refractivity contribution in [3.63, 3.8) is 0 Å². The van der Waals surface area contributed by atoms with Gasteiger partial charge in [-0.05, 0) is 76.0 Å². The van der Waals surface area contributed by atoms with Crippen LogP contribution in [0.3, 0.4) is 0 Å². The Morgan fingerprint density at radius 1 is 1.25 bits per heavy atom. The molecule has 2 N–H and O–H groups in total. The number of methoxy groups -OCH3 is 1. The summed E-state index contributed by atoms with van der Waals surface area (Å²) in [7, 11) is 1.41. The van der Waals surface area contributed by atoms with Crippen LogP contribution >= 0.6 is 28.1 Å². The molecule has 8 heteroatoms. The van der Waals surface area contributed by atoms with E-state index in [0.29, 0.717) is 15.7 Å². The summed E-state index contributed by atoms with van der Waals surface area (Å²) >= 11 is 8.43. The Hall–Kier alpha value is -2.71. The number of halogens is 1. The van der Waals surface area contributed by atoms with Crippen LogP contribution in [-0.2, 0) is 16.0 Å². The smallest absolute Gasteiger partial charge is 0.270 e. The second kappa shape index (κ2) is 8.12. The Morgan fingerprint density at radius 2 is 1.93 bits per heavy atom. The molecule has 28 heavy (non-hydrogen) atoms. The van der Waals surface area contributed by atoms with E-state index in [9.17, 15) is 14.7 Å². The van der Waals surface area contributed by atoms with Gasteiger partial charge < -0.3 is 9.84 Å². The molecule has 2 aromatic carbocycles. The van der Waals surface area contributed by atoms with Crippen LogP contribution in [0.15, 0.2) is 46.4 Å². The average Bonchev–Trinajstić information content (AvgIpc) is 2.68. The van der Waals surface area contributed by atoms with Gasteiger partial charge in [0.1, 0.15) is 5.57 Å². The fourth-order valence-electron chi connectivity index (χ4n) is 2.77.